The van der Waals surface area contributed by atoms with Gasteiger partial charge in [0.2, 0.25) is 0 Å². The molecule has 0 unspecified atom stereocenters. The summed E-state index contributed by atoms with van der Waals surface area (Å²) in [6.07, 6.45) is 1.70. The number of aromatic amines is 1. The number of rotatable bonds is 2. The van der Waals surface area contributed by atoms with Gasteiger partial charge in [-0.25, -0.2) is 4.98 Å². The highest BCUT2D eigenvalue weighted by molar-refractivity contribution is 7.22. The Labute approximate surface area is 107 Å². The second-order valence-electron chi connectivity index (χ2n) is 3.78. The van der Waals surface area contributed by atoms with E-state index in [1.807, 2.05) is 12.1 Å². The molecule has 0 bridgehead atoms. The fraction of sp³-hybridized carbons (Fsp3) is 0. The molecule has 3 aromatic rings. The molecule has 3 rings (SSSR count). The van der Waals surface area contributed by atoms with Crippen LogP contribution in [0.3, 0.4) is 0 Å². The molecule has 0 radical (unpaired) electrons. The molecule has 0 spiro atoms. The SMILES string of the molecule is Nc1ccc2nc(NC(=O)c3ccc[nH]3)sc2c1. The number of aromatic nitrogens is 2. The Hall–Kier alpha value is -2.34. The van der Waals surface area contributed by atoms with Crippen LogP contribution in [0.15, 0.2) is 36.5 Å². The maximum absolute atomic E-state index is 11.8. The lowest BCUT2D eigenvalue weighted by Crippen LogP contribution is -2.11. The molecule has 2 aromatic heterocycles. The summed E-state index contributed by atoms with van der Waals surface area (Å²) in [4.78, 5) is 19.0. The minimum atomic E-state index is -0.202. The Balaban J connectivity index is 1.89. The van der Waals surface area contributed by atoms with E-state index in [1.165, 1.54) is 11.3 Å². The van der Waals surface area contributed by atoms with Crippen molar-refractivity contribution >= 4 is 38.3 Å². The second kappa shape index (κ2) is 4.15. The summed E-state index contributed by atoms with van der Waals surface area (Å²) in [5.41, 5.74) is 7.72. The molecule has 0 saturated heterocycles. The number of H-pyrrole nitrogens is 1. The van der Waals surface area contributed by atoms with E-state index in [0.29, 0.717) is 16.5 Å². The monoisotopic (exact) mass is 258 g/mol. The van der Waals surface area contributed by atoms with Crippen LogP contribution in [-0.2, 0) is 0 Å². The van der Waals surface area contributed by atoms with E-state index in [9.17, 15) is 4.79 Å². The molecule has 0 aliphatic heterocycles. The lowest BCUT2D eigenvalue weighted by molar-refractivity contribution is 0.102. The molecule has 0 atom stereocenters. The van der Waals surface area contributed by atoms with Gasteiger partial charge in [0.1, 0.15) is 5.69 Å². The normalized spacial score (nSPS) is 10.7. The van der Waals surface area contributed by atoms with E-state index in [-0.39, 0.29) is 5.91 Å². The maximum atomic E-state index is 11.8. The van der Waals surface area contributed by atoms with Crippen LogP contribution in [0.4, 0.5) is 10.8 Å². The Bertz CT molecular complexity index is 702. The van der Waals surface area contributed by atoms with Gasteiger partial charge < -0.3 is 10.7 Å². The van der Waals surface area contributed by atoms with E-state index >= 15 is 0 Å². The number of benzene rings is 1. The number of nitrogen functional groups attached to an aromatic ring is 1. The number of carbonyl (C=O) groups is 1. The minimum absolute atomic E-state index is 0.202. The fourth-order valence-corrected chi connectivity index (χ4v) is 2.54. The first-order chi connectivity index (χ1) is 8.72. The van der Waals surface area contributed by atoms with Crippen molar-refractivity contribution < 1.29 is 4.79 Å². The highest BCUT2D eigenvalue weighted by atomic mass is 32.1. The number of amides is 1. The van der Waals surface area contributed by atoms with Gasteiger partial charge in [0, 0.05) is 11.9 Å². The van der Waals surface area contributed by atoms with Crippen LogP contribution >= 0.6 is 11.3 Å². The van der Waals surface area contributed by atoms with Crippen molar-refractivity contribution in [2.24, 2.45) is 0 Å². The molecule has 0 aliphatic rings. The molecular weight excluding hydrogens is 248 g/mol. The van der Waals surface area contributed by atoms with Crippen LogP contribution in [0.25, 0.3) is 10.2 Å². The standard InChI is InChI=1S/C12H10N4OS/c13-7-3-4-8-10(6-7)18-12(15-8)16-11(17)9-2-1-5-14-9/h1-6,14H,13H2,(H,15,16,17). The Morgan fingerprint density at radius 1 is 1.39 bits per heavy atom. The van der Waals surface area contributed by atoms with Crippen molar-refractivity contribution in [3.8, 4) is 0 Å². The van der Waals surface area contributed by atoms with Crippen LogP contribution in [0, 0.1) is 0 Å². The average molecular weight is 258 g/mol. The predicted molar refractivity (Wildman–Crippen MR) is 72.8 cm³/mol. The third-order valence-electron chi connectivity index (χ3n) is 2.48. The van der Waals surface area contributed by atoms with Crippen molar-refractivity contribution in [1.29, 1.82) is 0 Å². The van der Waals surface area contributed by atoms with Gasteiger partial charge in [-0.15, -0.1) is 0 Å². The molecule has 5 nitrogen and oxygen atoms in total. The summed E-state index contributed by atoms with van der Waals surface area (Å²) in [5, 5.41) is 3.31. The highest BCUT2D eigenvalue weighted by Crippen LogP contribution is 2.27. The maximum Gasteiger partial charge on any atom is 0.273 e. The molecule has 18 heavy (non-hydrogen) atoms. The Kier molecular flexibility index (Phi) is 2.49. The lowest BCUT2D eigenvalue weighted by atomic mass is 10.3. The molecule has 2 heterocycles. The molecule has 1 amide bonds. The first kappa shape index (κ1) is 10.8. The topological polar surface area (TPSA) is 83.8 Å². The predicted octanol–water partition coefficient (Wildman–Crippen LogP) is 2.46. The van der Waals surface area contributed by atoms with Crippen molar-refractivity contribution in [2.45, 2.75) is 0 Å². The first-order valence-corrected chi connectivity index (χ1v) is 6.15. The summed E-state index contributed by atoms with van der Waals surface area (Å²) in [5.74, 6) is -0.202. The van der Waals surface area contributed by atoms with E-state index in [1.54, 1.807) is 24.4 Å². The van der Waals surface area contributed by atoms with Gasteiger partial charge in [-0.2, -0.15) is 0 Å². The number of hydrogen-bond acceptors (Lipinski definition) is 4. The molecule has 4 N–H and O–H groups in total. The average Bonchev–Trinajstić information content (AvgIpc) is 2.95. The Morgan fingerprint density at radius 2 is 2.28 bits per heavy atom. The van der Waals surface area contributed by atoms with Gasteiger partial charge in [0.25, 0.3) is 5.91 Å². The second-order valence-corrected chi connectivity index (χ2v) is 4.81. The molecule has 6 heteroatoms. The molecule has 0 saturated carbocycles. The van der Waals surface area contributed by atoms with Crippen molar-refractivity contribution in [3.05, 3.63) is 42.2 Å². The minimum Gasteiger partial charge on any atom is -0.399 e. The van der Waals surface area contributed by atoms with Gasteiger partial charge in [0.15, 0.2) is 5.13 Å². The largest absolute Gasteiger partial charge is 0.399 e. The van der Waals surface area contributed by atoms with E-state index in [4.69, 9.17) is 5.73 Å². The van der Waals surface area contributed by atoms with Gasteiger partial charge >= 0.3 is 0 Å². The fourth-order valence-electron chi connectivity index (χ4n) is 1.63. The van der Waals surface area contributed by atoms with E-state index in [2.05, 4.69) is 15.3 Å². The van der Waals surface area contributed by atoms with E-state index < -0.39 is 0 Å². The number of thiazole rings is 1. The van der Waals surface area contributed by atoms with Crippen LogP contribution in [0.2, 0.25) is 0 Å². The molecule has 0 aliphatic carbocycles. The van der Waals surface area contributed by atoms with Gasteiger partial charge in [-0.05, 0) is 30.3 Å². The zero-order valence-electron chi connectivity index (χ0n) is 9.31. The number of hydrogen-bond donors (Lipinski definition) is 3. The molecular formula is C12H10N4OS. The van der Waals surface area contributed by atoms with Crippen molar-refractivity contribution in [3.63, 3.8) is 0 Å². The van der Waals surface area contributed by atoms with Crippen LogP contribution in [-0.4, -0.2) is 15.9 Å². The number of anilines is 2. The van der Waals surface area contributed by atoms with E-state index in [0.717, 1.165) is 10.2 Å². The number of nitrogens with two attached hydrogens (primary N) is 1. The summed E-state index contributed by atoms with van der Waals surface area (Å²) < 4.78 is 0.955. The smallest absolute Gasteiger partial charge is 0.273 e. The summed E-state index contributed by atoms with van der Waals surface area (Å²) in [6.45, 7) is 0. The molecule has 1 aromatic carbocycles. The first-order valence-electron chi connectivity index (χ1n) is 5.33. The van der Waals surface area contributed by atoms with Crippen LogP contribution < -0.4 is 11.1 Å². The zero-order chi connectivity index (χ0) is 12.5. The molecule has 90 valence electrons. The van der Waals surface area contributed by atoms with Crippen LogP contribution in [0.5, 0.6) is 0 Å². The van der Waals surface area contributed by atoms with Gasteiger partial charge in [-0.3, -0.25) is 10.1 Å². The summed E-state index contributed by atoms with van der Waals surface area (Å²) in [7, 11) is 0. The van der Waals surface area contributed by atoms with Crippen molar-refractivity contribution in [2.75, 3.05) is 11.1 Å². The summed E-state index contributed by atoms with van der Waals surface area (Å²) in [6, 6.07) is 8.95. The molecule has 0 fully saturated rings. The number of carbonyl (C=O) groups excluding carboxylic acids is 1. The van der Waals surface area contributed by atoms with Crippen molar-refractivity contribution in [1.82, 2.24) is 9.97 Å². The zero-order valence-corrected chi connectivity index (χ0v) is 10.1. The lowest BCUT2D eigenvalue weighted by Gasteiger charge is -1.97. The third kappa shape index (κ3) is 1.93. The summed E-state index contributed by atoms with van der Waals surface area (Å²) >= 11 is 1.40. The van der Waals surface area contributed by atoms with Gasteiger partial charge in [0.05, 0.1) is 10.2 Å². The Morgan fingerprint density at radius 3 is 3.06 bits per heavy atom. The van der Waals surface area contributed by atoms with Crippen LogP contribution in [0.1, 0.15) is 10.5 Å². The highest BCUT2D eigenvalue weighted by Gasteiger charge is 2.10. The third-order valence-corrected chi connectivity index (χ3v) is 3.41. The number of fused-ring (bicyclic) bond motifs is 1. The quantitative estimate of drug-likeness (QED) is 0.617. The number of nitrogens with one attached hydrogen (secondary N) is 2. The van der Waals surface area contributed by atoms with Gasteiger partial charge in [-0.1, -0.05) is 11.3 Å². The number of nitrogens with zero attached hydrogens (tertiary/aromatic N) is 1.